The highest BCUT2D eigenvalue weighted by Crippen LogP contribution is 2.46. The van der Waals surface area contributed by atoms with Crippen molar-refractivity contribution >= 4 is 40.8 Å². The average molecular weight is 558 g/mol. The van der Waals surface area contributed by atoms with Crippen LogP contribution in [0.4, 0.5) is 10.1 Å². The molecule has 4 rings (SSSR count). The third kappa shape index (κ3) is 5.08. The molecule has 1 aliphatic rings. The van der Waals surface area contributed by atoms with Gasteiger partial charge in [0.15, 0.2) is 0 Å². The Balaban J connectivity index is 1.95. The molecule has 1 aliphatic heterocycles. The molecule has 9 heteroatoms. The zero-order valence-electron chi connectivity index (χ0n) is 21.3. The average Bonchev–Trinajstić information content (AvgIpc) is 3.36. The van der Waals surface area contributed by atoms with Gasteiger partial charge in [0.05, 0.1) is 46.0 Å². The minimum absolute atomic E-state index is 0.0561. The van der Waals surface area contributed by atoms with Crippen LogP contribution in [-0.2, 0) is 19.1 Å². The van der Waals surface area contributed by atoms with Crippen molar-refractivity contribution in [2.45, 2.75) is 33.6 Å². The summed E-state index contributed by atoms with van der Waals surface area (Å²) in [4.78, 5) is 28.6. The fourth-order valence-corrected chi connectivity index (χ4v) is 5.00. The topological polar surface area (TPSA) is 69.0 Å². The van der Waals surface area contributed by atoms with Crippen LogP contribution in [0.2, 0.25) is 10.0 Å². The molecule has 1 aromatic heterocycles. The molecule has 38 heavy (non-hydrogen) atoms. The molecule has 0 amide bonds. The zero-order chi connectivity index (χ0) is 27.6. The molecule has 0 saturated heterocycles. The monoisotopic (exact) mass is 557 g/mol. The molecular weight excluding hydrogens is 532 g/mol. The largest absolute Gasteiger partial charge is 0.463 e. The number of allylic oxidation sites excluding steroid dienone is 2. The lowest BCUT2D eigenvalue weighted by Crippen LogP contribution is -2.35. The molecule has 0 aliphatic carbocycles. The van der Waals surface area contributed by atoms with Crippen LogP contribution in [0.1, 0.15) is 39.4 Å². The Bertz CT molecular complexity index is 1420. The number of carbonyl (C=O) groups excluding carboxylic acids is 2. The molecule has 0 unspecified atom stereocenters. The van der Waals surface area contributed by atoms with Gasteiger partial charge in [-0.1, -0.05) is 35.3 Å². The summed E-state index contributed by atoms with van der Waals surface area (Å²) in [5.74, 6) is -2.01. The molecule has 0 saturated carbocycles. The van der Waals surface area contributed by atoms with Crippen molar-refractivity contribution in [1.29, 1.82) is 0 Å². The number of carbonyl (C=O) groups is 2. The maximum absolute atomic E-state index is 13.7. The smallest absolute Gasteiger partial charge is 0.336 e. The van der Waals surface area contributed by atoms with Crippen LogP contribution in [0.3, 0.4) is 0 Å². The van der Waals surface area contributed by atoms with Gasteiger partial charge < -0.3 is 18.8 Å². The highest BCUT2D eigenvalue weighted by atomic mass is 35.5. The molecule has 0 atom stereocenters. The van der Waals surface area contributed by atoms with Gasteiger partial charge in [-0.2, -0.15) is 0 Å². The van der Waals surface area contributed by atoms with E-state index in [-0.39, 0.29) is 29.4 Å². The Morgan fingerprint density at radius 1 is 0.895 bits per heavy atom. The van der Waals surface area contributed by atoms with Gasteiger partial charge in [0.1, 0.15) is 17.3 Å². The zero-order valence-corrected chi connectivity index (χ0v) is 22.8. The molecular formula is C29H26Cl2FNO5. The quantitative estimate of drug-likeness (QED) is 0.277. The van der Waals surface area contributed by atoms with Gasteiger partial charge in [0.25, 0.3) is 0 Å². The Hall–Kier alpha value is -3.55. The Labute approximate surface area is 230 Å². The van der Waals surface area contributed by atoms with Crippen molar-refractivity contribution in [3.8, 4) is 11.3 Å². The van der Waals surface area contributed by atoms with E-state index in [0.29, 0.717) is 39.2 Å². The van der Waals surface area contributed by atoms with Crippen molar-refractivity contribution in [2.75, 3.05) is 18.1 Å². The number of nitrogens with zero attached hydrogens (tertiary/aromatic N) is 1. The maximum atomic E-state index is 13.7. The van der Waals surface area contributed by atoms with Gasteiger partial charge in [-0.05, 0) is 70.2 Å². The highest BCUT2D eigenvalue weighted by Gasteiger charge is 2.43. The lowest BCUT2D eigenvalue weighted by molar-refractivity contribution is -0.139. The third-order valence-electron chi connectivity index (χ3n) is 6.23. The Morgan fingerprint density at radius 3 is 2.05 bits per heavy atom. The van der Waals surface area contributed by atoms with E-state index in [9.17, 15) is 14.0 Å². The number of furan rings is 1. The summed E-state index contributed by atoms with van der Waals surface area (Å²) in [5, 5.41) is 0.379. The van der Waals surface area contributed by atoms with E-state index in [1.807, 2.05) is 6.07 Å². The number of anilines is 1. The van der Waals surface area contributed by atoms with Crippen LogP contribution in [0, 0.1) is 5.82 Å². The number of benzene rings is 2. The van der Waals surface area contributed by atoms with E-state index in [0.717, 1.165) is 0 Å². The van der Waals surface area contributed by atoms with Crippen molar-refractivity contribution in [3.63, 3.8) is 0 Å². The number of rotatable bonds is 7. The van der Waals surface area contributed by atoms with Crippen LogP contribution in [0.5, 0.6) is 0 Å². The molecule has 0 radical (unpaired) electrons. The molecule has 6 nitrogen and oxygen atoms in total. The number of esters is 2. The Morgan fingerprint density at radius 2 is 1.50 bits per heavy atom. The normalized spacial score (nSPS) is 14.2. The summed E-state index contributed by atoms with van der Waals surface area (Å²) in [7, 11) is 0. The van der Waals surface area contributed by atoms with Gasteiger partial charge in [-0.25, -0.2) is 14.0 Å². The second-order valence-corrected chi connectivity index (χ2v) is 9.30. The summed E-state index contributed by atoms with van der Waals surface area (Å²) in [6.07, 6.45) is 0. The minimum Gasteiger partial charge on any atom is -0.463 e. The predicted octanol–water partition coefficient (Wildman–Crippen LogP) is 7.67. The summed E-state index contributed by atoms with van der Waals surface area (Å²) < 4.78 is 30.8. The second-order valence-electron chi connectivity index (χ2n) is 8.49. The van der Waals surface area contributed by atoms with Gasteiger partial charge >= 0.3 is 11.9 Å². The standard InChI is InChI=1S/C29H26Cl2FNO5/c1-5-36-28(34)25-16(3)33(22-10-8-7-9-19(22)30)17(4)26(29(35)37-6-2)27(25)24-14-13-23(38-24)18-11-12-21(32)20(31)15-18/h7-15,27H,5-6H2,1-4H3. The van der Waals surface area contributed by atoms with Crippen molar-refractivity contribution in [3.05, 3.63) is 98.8 Å². The van der Waals surface area contributed by atoms with E-state index in [4.69, 9.17) is 37.1 Å². The van der Waals surface area contributed by atoms with Gasteiger partial charge in [0.2, 0.25) is 0 Å². The molecule has 3 aromatic rings. The lowest BCUT2D eigenvalue weighted by Gasteiger charge is -2.37. The van der Waals surface area contributed by atoms with Crippen LogP contribution in [0.15, 0.2) is 81.6 Å². The first-order valence-electron chi connectivity index (χ1n) is 12.0. The SMILES string of the molecule is CCOC(=O)C1=C(C)N(c2ccccc2Cl)C(C)=C(C(=O)OCC)C1c1ccc(-c2ccc(F)c(Cl)c2)o1. The predicted molar refractivity (Wildman–Crippen MR) is 144 cm³/mol. The van der Waals surface area contributed by atoms with Crippen LogP contribution >= 0.6 is 23.2 Å². The minimum atomic E-state index is -0.934. The molecule has 2 heterocycles. The first-order valence-corrected chi connectivity index (χ1v) is 12.8. The van der Waals surface area contributed by atoms with Gasteiger partial charge in [-0.15, -0.1) is 0 Å². The van der Waals surface area contributed by atoms with Crippen molar-refractivity contribution in [2.24, 2.45) is 0 Å². The van der Waals surface area contributed by atoms with E-state index in [2.05, 4.69) is 0 Å². The molecule has 0 spiro atoms. The molecule has 2 aromatic carbocycles. The van der Waals surface area contributed by atoms with E-state index >= 15 is 0 Å². The molecule has 198 valence electrons. The first-order chi connectivity index (χ1) is 18.2. The number of halogens is 3. The number of ether oxygens (including phenoxy) is 2. The first kappa shape index (κ1) is 27.5. The maximum Gasteiger partial charge on any atom is 0.336 e. The summed E-state index contributed by atoms with van der Waals surface area (Å²) in [6.45, 7) is 7.18. The van der Waals surface area contributed by atoms with Gasteiger partial charge in [-0.3, -0.25) is 0 Å². The summed E-state index contributed by atoms with van der Waals surface area (Å²) in [5.41, 5.74) is 2.59. The molecule has 0 fully saturated rings. The summed E-state index contributed by atoms with van der Waals surface area (Å²) in [6, 6.07) is 14.7. The fourth-order valence-electron chi connectivity index (χ4n) is 4.59. The fraction of sp³-hybridized carbons (Fsp3) is 0.241. The number of hydrogen-bond donors (Lipinski definition) is 0. The summed E-state index contributed by atoms with van der Waals surface area (Å²) >= 11 is 12.5. The van der Waals surface area contributed by atoms with E-state index in [1.54, 1.807) is 62.9 Å². The molecule has 0 bridgehead atoms. The lowest BCUT2D eigenvalue weighted by atomic mass is 9.82. The second kappa shape index (κ2) is 11.5. The van der Waals surface area contributed by atoms with E-state index in [1.165, 1.54) is 18.2 Å². The third-order valence-corrected chi connectivity index (χ3v) is 6.84. The van der Waals surface area contributed by atoms with Crippen molar-refractivity contribution < 1.29 is 27.9 Å². The van der Waals surface area contributed by atoms with Gasteiger partial charge in [0, 0.05) is 17.0 Å². The number of hydrogen-bond acceptors (Lipinski definition) is 6. The molecule has 0 N–H and O–H groups in total. The van der Waals surface area contributed by atoms with Crippen molar-refractivity contribution in [1.82, 2.24) is 0 Å². The van der Waals surface area contributed by atoms with Crippen LogP contribution in [-0.4, -0.2) is 25.2 Å². The van der Waals surface area contributed by atoms with Crippen LogP contribution < -0.4 is 4.90 Å². The Kier molecular flexibility index (Phi) is 8.29. The van der Waals surface area contributed by atoms with E-state index < -0.39 is 23.7 Å². The number of para-hydroxylation sites is 1. The van der Waals surface area contributed by atoms with Crippen LogP contribution in [0.25, 0.3) is 11.3 Å². The highest BCUT2D eigenvalue weighted by molar-refractivity contribution is 6.33.